The molecule has 1 atom stereocenters. The van der Waals surface area contributed by atoms with Gasteiger partial charge in [-0.1, -0.05) is 6.07 Å². The molecule has 2 N–H and O–H groups in total. The molecule has 0 aliphatic carbocycles. The molecule has 0 radical (unpaired) electrons. The predicted molar refractivity (Wildman–Crippen MR) is 76.4 cm³/mol. The summed E-state index contributed by atoms with van der Waals surface area (Å²) in [5.41, 5.74) is 1.20. The van der Waals surface area contributed by atoms with Crippen molar-refractivity contribution >= 4 is 5.97 Å². The first-order valence-corrected chi connectivity index (χ1v) is 6.95. The van der Waals surface area contributed by atoms with E-state index in [1.807, 2.05) is 35.1 Å². The molecular weight excluding hydrogens is 329 g/mol. The predicted octanol–water partition coefficient (Wildman–Crippen LogP) is 1.63. The zero-order valence-electron chi connectivity index (χ0n) is 12.4. The molecule has 3 rings (SSSR count). The van der Waals surface area contributed by atoms with E-state index in [2.05, 4.69) is 15.4 Å². The lowest BCUT2D eigenvalue weighted by Crippen LogP contribution is -2.36. The van der Waals surface area contributed by atoms with E-state index in [-0.39, 0.29) is 6.04 Å². The van der Waals surface area contributed by atoms with E-state index in [0.717, 1.165) is 13.1 Å². The lowest BCUT2D eigenvalue weighted by molar-refractivity contribution is -0.192. The number of carbonyl (C=O) groups is 1. The lowest BCUT2D eigenvalue weighted by Gasteiger charge is -2.25. The van der Waals surface area contributed by atoms with Crippen LogP contribution >= 0.6 is 0 Å². The van der Waals surface area contributed by atoms with E-state index in [1.165, 1.54) is 5.69 Å². The number of carboxylic acids is 1. The van der Waals surface area contributed by atoms with Crippen molar-refractivity contribution in [2.45, 2.75) is 18.8 Å². The highest BCUT2D eigenvalue weighted by atomic mass is 19.4. The maximum Gasteiger partial charge on any atom is 0.490 e. The largest absolute Gasteiger partial charge is 0.490 e. The summed E-state index contributed by atoms with van der Waals surface area (Å²) >= 11 is 0. The number of ether oxygens (including phenoxy) is 1. The van der Waals surface area contributed by atoms with Gasteiger partial charge in [-0.2, -0.15) is 18.3 Å². The highest BCUT2D eigenvalue weighted by Gasteiger charge is 2.38. The van der Waals surface area contributed by atoms with Gasteiger partial charge in [0.15, 0.2) is 0 Å². The van der Waals surface area contributed by atoms with Crippen molar-refractivity contribution in [2.24, 2.45) is 0 Å². The van der Waals surface area contributed by atoms with Crippen LogP contribution in [0.25, 0.3) is 0 Å². The molecule has 0 amide bonds. The van der Waals surface area contributed by atoms with Gasteiger partial charge in [0, 0.05) is 31.5 Å². The highest BCUT2D eigenvalue weighted by molar-refractivity contribution is 5.73. The van der Waals surface area contributed by atoms with Crippen molar-refractivity contribution in [3.05, 3.63) is 42.4 Å². The minimum absolute atomic E-state index is 0.232. The summed E-state index contributed by atoms with van der Waals surface area (Å²) in [6, 6.07) is 7.91. The van der Waals surface area contributed by atoms with Crippen LogP contribution in [-0.4, -0.2) is 45.2 Å². The Hall–Kier alpha value is -2.62. The molecule has 1 aliphatic rings. The number of aliphatic carboxylic acids is 1. The number of hydrogen-bond acceptors (Lipinski definition) is 5. The Bertz CT molecular complexity index is 661. The van der Waals surface area contributed by atoms with Gasteiger partial charge in [-0.3, -0.25) is 4.68 Å². The Morgan fingerprint density at radius 2 is 2.12 bits per heavy atom. The van der Waals surface area contributed by atoms with Crippen LogP contribution in [0.1, 0.15) is 11.7 Å². The average Bonchev–Trinajstić information content (AvgIpc) is 3.03. The van der Waals surface area contributed by atoms with Crippen molar-refractivity contribution in [2.75, 3.05) is 13.2 Å². The van der Waals surface area contributed by atoms with Gasteiger partial charge in [0.05, 0.1) is 11.7 Å². The first-order chi connectivity index (χ1) is 11.4. The second kappa shape index (κ2) is 7.77. The molecule has 1 unspecified atom stereocenters. The number of pyridine rings is 1. The quantitative estimate of drug-likeness (QED) is 0.880. The number of hydrogen-bond donors (Lipinski definition) is 2. The van der Waals surface area contributed by atoms with Crippen LogP contribution in [0.3, 0.4) is 0 Å². The molecule has 2 aromatic rings. The third-order valence-electron chi connectivity index (χ3n) is 3.09. The van der Waals surface area contributed by atoms with Gasteiger partial charge >= 0.3 is 12.1 Å². The van der Waals surface area contributed by atoms with Crippen LogP contribution < -0.4 is 10.1 Å². The zero-order valence-corrected chi connectivity index (χ0v) is 12.4. The summed E-state index contributed by atoms with van der Waals surface area (Å²) in [5.74, 6) is -2.10. The van der Waals surface area contributed by atoms with Crippen LogP contribution in [0, 0.1) is 0 Å². The van der Waals surface area contributed by atoms with Gasteiger partial charge in [0.25, 0.3) is 0 Å². The maximum atomic E-state index is 10.6. The third-order valence-corrected chi connectivity index (χ3v) is 3.09. The zero-order chi connectivity index (χ0) is 17.6. The van der Waals surface area contributed by atoms with E-state index in [4.69, 9.17) is 14.6 Å². The third kappa shape index (κ3) is 4.95. The van der Waals surface area contributed by atoms with Crippen LogP contribution in [0.5, 0.6) is 5.88 Å². The van der Waals surface area contributed by atoms with Crippen molar-refractivity contribution in [3.63, 3.8) is 0 Å². The maximum absolute atomic E-state index is 10.6. The standard InChI is InChI=1S/C12H14N4O.C2HF3O2/c1-2-5-14-12(3-1)17-9-11-8-13-7-10-4-6-15-16(10)11;3-2(4,5)1(6)7/h1-6,11,13H,7-9H2;(H,6,7). The van der Waals surface area contributed by atoms with Crippen LogP contribution in [0.4, 0.5) is 13.2 Å². The van der Waals surface area contributed by atoms with Gasteiger partial charge in [-0.15, -0.1) is 0 Å². The normalized spacial score (nSPS) is 16.5. The first kappa shape index (κ1) is 17.7. The smallest absolute Gasteiger partial charge is 0.475 e. The summed E-state index contributed by atoms with van der Waals surface area (Å²) in [5, 5.41) is 14.8. The number of rotatable bonds is 3. The van der Waals surface area contributed by atoms with Crippen molar-refractivity contribution in [1.82, 2.24) is 20.1 Å². The number of carboxylic acid groups (broad SMARTS) is 1. The fourth-order valence-corrected chi connectivity index (χ4v) is 2.01. The van der Waals surface area contributed by atoms with Gasteiger partial charge in [0.2, 0.25) is 5.88 Å². The Kier molecular flexibility index (Phi) is 5.74. The van der Waals surface area contributed by atoms with Gasteiger partial charge in [0.1, 0.15) is 6.61 Å². The van der Waals surface area contributed by atoms with Crippen molar-refractivity contribution in [3.8, 4) is 5.88 Å². The van der Waals surface area contributed by atoms with E-state index in [1.54, 1.807) is 6.20 Å². The molecule has 0 spiro atoms. The molecule has 0 aromatic carbocycles. The van der Waals surface area contributed by atoms with Crippen molar-refractivity contribution in [1.29, 1.82) is 0 Å². The Balaban J connectivity index is 0.000000256. The molecule has 1 aliphatic heterocycles. The fourth-order valence-electron chi connectivity index (χ4n) is 2.01. The second-order valence-corrected chi connectivity index (χ2v) is 4.83. The SMILES string of the molecule is O=C(O)C(F)(F)F.c1ccc(OCC2CNCc3ccnn32)nc1. The van der Waals surface area contributed by atoms with E-state index in [0.29, 0.717) is 12.5 Å². The first-order valence-electron chi connectivity index (χ1n) is 6.95. The number of halogens is 3. The molecule has 130 valence electrons. The number of alkyl halides is 3. The van der Waals surface area contributed by atoms with E-state index < -0.39 is 12.1 Å². The van der Waals surface area contributed by atoms with E-state index in [9.17, 15) is 13.2 Å². The number of nitrogens with one attached hydrogen (secondary N) is 1. The summed E-state index contributed by atoms with van der Waals surface area (Å²) in [6.07, 6.45) is -1.52. The summed E-state index contributed by atoms with van der Waals surface area (Å²) in [4.78, 5) is 13.0. The van der Waals surface area contributed by atoms with Gasteiger partial charge < -0.3 is 15.2 Å². The topological polar surface area (TPSA) is 89.3 Å². The molecule has 10 heteroatoms. The molecule has 24 heavy (non-hydrogen) atoms. The van der Waals surface area contributed by atoms with Crippen LogP contribution in [0.2, 0.25) is 0 Å². The summed E-state index contributed by atoms with van der Waals surface area (Å²) < 4.78 is 39.4. The molecule has 0 saturated carbocycles. The lowest BCUT2D eigenvalue weighted by atomic mass is 10.2. The minimum atomic E-state index is -5.08. The monoisotopic (exact) mass is 344 g/mol. The molecular formula is C14H15F3N4O3. The number of nitrogens with zero attached hydrogens (tertiary/aromatic N) is 3. The van der Waals surface area contributed by atoms with Crippen LogP contribution in [0.15, 0.2) is 36.7 Å². The second-order valence-electron chi connectivity index (χ2n) is 4.83. The van der Waals surface area contributed by atoms with Crippen molar-refractivity contribution < 1.29 is 27.8 Å². The summed E-state index contributed by atoms with van der Waals surface area (Å²) in [6.45, 7) is 2.33. The molecule has 0 saturated heterocycles. The Morgan fingerprint density at radius 1 is 1.38 bits per heavy atom. The van der Waals surface area contributed by atoms with Gasteiger partial charge in [-0.25, -0.2) is 9.78 Å². The number of aromatic nitrogens is 3. The number of fused-ring (bicyclic) bond motifs is 1. The Labute approximate surface area is 135 Å². The average molecular weight is 344 g/mol. The Morgan fingerprint density at radius 3 is 2.75 bits per heavy atom. The molecule has 7 nitrogen and oxygen atoms in total. The van der Waals surface area contributed by atoms with E-state index >= 15 is 0 Å². The van der Waals surface area contributed by atoms with Gasteiger partial charge in [-0.05, 0) is 12.1 Å². The minimum Gasteiger partial charge on any atom is -0.475 e. The highest BCUT2D eigenvalue weighted by Crippen LogP contribution is 2.15. The summed E-state index contributed by atoms with van der Waals surface area (Å²) in [7, 11) is 0. The molecule has 0 fully saturated rings. The molecule has 2 aromatic heterocycles. The molecule has 0 bridgehead atoms. The van der Waals surface area contributed by atoms with Crippen LogP contribution in [-0.2, 0) is 11.3 Å². The fraction of sp³-hybridized carbons (Fsp3) is 0.357. The molecule has 3 heterocycles.